The Morgan fingerprint density at radius 2 is 2.06 bits per heavy atom. The predicted octanol–water partition coefficient (Wildman–Crippen LogP) is 4.44. The van der Waals surface area contributed by atoms with E-state index in [0.29, 0.717) is 0 Å². The first-order valence-corrected chi connectivity index (χ1v) is 7.54. The third-order valence-corrected chi connectivity index (χ3v) is 3.73. The molecule has 3 heteroatoms. The molecule has 1 rings (SSSR count). The molecule has 0 bridgehead atoms. The van der Waals surface area contributed by atoms with Crippen LogP contribution >= 0.6 is 11.3 Å². The van der Waals surface area contributed by atoms with E-state index in [1.54, 1.807) is 0 Å². The van der Waals surface area contributed by atoms with Crippen LogP contribution in [-0.4, -0.2) is 11.4 Å². The van der Waals surface area contributed by atoms with Crippen LogP contribution in [0.2, 0.25) is 0 Å². The van der Waals surface area contributed by atoms with Crippen molar-refractivity contribution in [3.05, 3.63) is 17.5 Å². The molecule has 1 N–H and O–H groups in total. The molecule has 0 radical (unpaired) electrons. The van der Waals surface area contributed by atoms with E-state index in [2.05, 4.69) is 13.8 Å². The van der Waals surface area contributed by atoms with Gasteiger partial charge in [-0.1, -0.05) is 39.5 Å². The van der Waals surface area contributed by atoms with Gasteiger partial charge < -0.3 is 9.84 Å². The van der Waals surface area contributed by atoms with Gasteiger partial charge in [0.15, 0.2) is 5.06 Å². The minimum absolute atomic E-state index is 0.272. The SMILES string of the molecule is CCCCCC(CCC)C(O)Oc1cccs1. The van der Waals surface area contributed by atoms with E-state index in [-0.39, 0.29) is 5.92 Å². The van der Waals surface area contributed by atoms with E-state index >= 15 is 0 Å². The highest BCUT2D eigenvalue weighted by Gasteiger charge is 2.19. The average molecular weight is 256 g/mol. The number of thiophene rings is 1. The van der Waals surface area contributed by atoms with Gasteiger partial charge in [0.05, 0.1) is 0 Å². The Labute approximate surface area is 109 Å². The van der Waals surface area contributed by atoms with Crippen molar-refractivity contribution < 1.29 is 9.84 Å². The van der Waals surface area contributed by atoms with Gasteiger partial charge >= 0.3 is 0 Å². The van der Waals surface area contributed by atoms with Crippen molar-refractivity contribution in [2.45, 2.75) is 58.7 Å². The summed E-state index contributed by atoms with van der Waals surface area (Å²) in [6.07, 6.45) is 6.20. The molecule has 17 heavy (non-hydrogen) atoms. The first-order valence-electron chi connectivity index (χ1n) is 6.66. The highest BCUT2D eigenvalue weighted by Crippen LogP contribution is 2.25. The Morgan fingerprint density at radius 1 is 1.24 bits per heavy atom. The van der Waals surface area contributed by atoms with Gasteiger partial charge in [-0.25, -0.2) is 0 Å². The predicted molar refractivity (Wildman–Crippen MR) is 73.5 cm³/mol. The second kappa shape index (κ2) is 8.54. The molecule has 0 saturated carbocycles. The van der Waals surface area contributed by atoms with E-state index in [1.165, 1.54) is 30.6 Å². The molecule has 0 aromatic carbocycles. The lowest BCUT2D eigenvalue weighted by Gasteiger charge is -2.22. The molecule has 1 heterocycles. The summed E-state index contributed by atoms with van der Waals surface area (Å²) in [6, 6.07) is 3.85. The van der Waals surface area contributed by atoms with E-state index < -0.39 is 6.29 Å². The van der Waals surface area contributed by atoms with Gasteiger partial charge in [-0.15, -0.1) is 11.3 Å². The molecule has 0 fully saturated rings. The van der Waals surface area contributed by atoms with E-state index in [1.807, 2.05) is 17.5 Å². The van der Waals surface area contributed by atoms with Gasteiger partial charge in [-0.3, -0.25) is 0 Å². The highest BCUT2D eigenvalue weighted by atomic mass is 32.1. The zero-order chi connectivity index (χ0) is 12.5. The van der Waals surface area contributed by atoms with Gasteiger partial charge in [0.1, 0.15) is 0 Å². The number of hydrogen-bond acceptors (Lipinski definition) is 3. The molecule has 1 aromatic heterocycles. The van der Waals surface area contributed by atoms with Gasteiger partial charge in [0.25, 0.3) is 0 Å². The summed E-state index contributed by atoms with van der Waals surface area (Å²) in [5, 5.41) is 12.9. The Morgan fingerprint density at radius 3 is 2.65 bits per heavy atom. The van der Waals surface area contributed by atoms with Crippen LogP contribution in [0.15, 0.2) is 17.5 Å². The fourth-order valence-electron chi connectivity index (χ4n) is 2.00. The molecular formula is C14H24O2S. The third kappa shape index (κ3) is 5.55. The molecule has 2 unspecified atom stereocenters. The average Bonchev–Trinajstić information content (AvgIpc) is 2.81. The fourth-order valence-corrected chi connectivity index (χ4v) is 2.61. The van der Waals surface area contributed by atoms with Gasteiger partial charge in [-0.2, -0.15) is 0 Å². The van der Waals surface area contributed by atoms with E-state index in [4.69, 9.17) is 4.74 Å². The zero-order valence-electron chi connectivity index (χ0n) is 10.9. The molecule has 0 saturated heterocycles. The lowest BCUT2D eigenvalue weighted by molar-refractivity contribution is -0.0656. The number of aliphatic hydroxyl groups is 1. The summed E-state index contributed by atoms with van der Waals surface area (Å²) in [5.74, 6) is 0.272. The van der Waals surface area contributed by atoms with Gasteiger partial charge in [0, 0.05) is 5.92 Å². The minimum Gasteiger partial charge on any atom is -0.455 e. The van der Waals surface area contributed by atoms with Crippen LogP contribution < -0.4 is 4.74 Å². The molecule has 0 amide bonds. The maximum absolute atomic E-state index is 10.1. The normalized spacial score (nSPS) is 14.5. The Bertz CT molecular complexity index is 272. The molecule has 0 spiro atoms. The van der Waals surface area contributed by atoms with Crippen molar-refractivity contribution >= 4 is 11.3 Å². The quantitative estimate of drug-likeness (QED) is 0.523. The molecule has 2 atom stereocenters. The summed E-state index contributed by atoms with van der Waals surface area (Å²) in [5.41, 5.74) is 0. The minimum atomic E-state index is -0.648. The van der Waals surface area contributed by atoms with Crippen molar-refractivity contribution in [1.82, 2.24) is 0 Å². The van der Waals surface area contributed by atoms with Gasteiger partial charge in [0.2, 0.25) is 6.29 Å². The van der Waals surface area contributed by atoms with Crippen LogP contribution in [0.25, 0.3) is 0 Å². The second-order valence-electron chi connectivity index (χ2n) is 4.49. The van der Waals surface area contributed by atoms with Crippen LogP contribution in [0.4, 0.5) is 0 Å². The lowest BCUT2D eigenvalue weighted by Crippen LogP contribution is -2.26. The molecule has 2 nitrogen and oxygen atoms in total. The third-order valence-electron chi connectivity index (χ3n) is 2.97. The maximum atomic E-state index is 10.1. The summed E-state index contributed by atoms with van der Waals surface area (Å²) >= 11 is 1.53. The van der Waals surface area contributed by atoms with Crippen molar-refractivity contribution in [3.63, 3.8) is 0 Å². The van der Waals surface area contributed by atoms with E-state index in [0.717, 1.165) is 24.3 Å². The Hall–Kier alpha value is -0.540. The second-order valence-corrected chi connectivity index (χ2v) is 5.40. The first-order chi connectivity index (χ1) is 8.27. The van der Waals surface area contributed by atoms with Gasteiger partial charge in [-0.05, 0) is 30.4 Å². The molecule has 0 aliphatic carbocycles. The lowest BCUT2D eigenvalue weighted by atomic mass is 9.96. The van der Waals surface area contributed by atoms with Crippen molar-refractivity contribution in [3.8, 4) is 5.06 Å². The summed E-state index contributed by atoms with van der Waals surface area (Å²) in [4.78, 5) is 0. The Balaban J connectivity index is 2.39. The van der Waals surface area contributed by atoms with Crippen molar-refractivity contribution in [2.24, 2.45) is 5.92 Å². The molecule has 98 valence electrons. The molecule has 0 aliphatic heterocycles. The topological polar surface area (TPSA) is 29.5 Å². The standard InChI is InChI=1S/C14H24O2S/c1-3-5-6-9-12(8-4-2)14(15)16-13-10-7-11-17-13/h7,10-12,14-15H,3-6,8-9H2,1-2H3. The molecule has 1 aromatic rings. The summed E-state index contributed by atoms with van der Waals surface area (Å²) in [7, 11) is 0. The molecule has 0 aliphatic rings. The largest absolute Gasteiger partial charge is 0.455 e. The Kier molecular flexibility index (Phi) is 7.29. The summed E-state index contributed by atoms with van der Waals surface area (Å²) < 4.78 is 5.57. The van der Waals surface area contributed by atoms with Crippen LogP contribution in [0.5, 0.6) is 5.06 Å². The molecular weight excluding hydrogens is 232 g/mol. The monoisotopic (exact) mass is 256 g/mol. The number of rotatable bonds is 9. The number of ether oxygens (including phenoxy) is 1. The zero-order valence-corrected chi connectivity index (χ0v) is 11.7. The number of hydrogen-bond donors (Lipinski definition) is 1. The highest BCUT2D eigenvalue weighted by molar-refractivity contribution is 7.11. The van der Waals surface area contributed by atoms with Crippen LogP contribution in [0, 0.1) is 5.92 Å². The fraction of sp³-hybridized carbons (Fsp3) is 0.714. The van der Waals surface area contributed by atoms with Crippen molar-refractivity contribution in [1.29, 1.82) is 0 Å². The van der Waals surface area contributed by atoms with Crippen LogP contribution in [0.1, 0.15) is 52.4 Å². The smallest absolute Gasteiger partial charge is 0.201 e. The number of unbranched alkanes of at least 4 members (excludes halogenated alkanes) is 2. The van der Waals surface area contributed by atoms with Crippen LogP contribution in [-0.2, 0) is 0 Å². The van der Waals surface area contributed by atoms with E-state index in [9.17, 15) is 5.11 Å². The summed E-state index contributed by atoms with van der Waals surface area (Å²) in [6.45, 7) is 4.36. The first kappa shape index (κ1) is 14.5. The maximum Gasteiger partial charge on any atom is 0.201 e. The number of aliphatic hydroxyl groups excluding tert-OH is 1. The van der Waals surface area contributed by atoms with Crippen molar-refractivity contribution in [2.75, 3.05) is 0 Å². The van der Waals surface area contributed by atoms with Crippen LogP contribution in [0.3, 0.4) is 0 Å².